The molecule has 0 unspecified atom stereocenters. The van der Waals surface area contributed by atoms with Crippen LogP contribution in [0.1, 0.15) is 17.7 Å². The van der Waals surface area contributed by atoms with Crippen LogP contribution in [0.4, 0.5) is 8.78 Å². The molecule has 0 spiro atoms. The van der Waals surface area contributed by atoms with Crippen LogP contribution in [0.2, 0.25) is 0 Å². The quantitative estimate of drug-likeness (QED) is 0.636. The zero-order valence-corrected chi connectivity index (χ0v) is 10.0. The fourth-order valence-electron chi connectivity index (χ4n) is 0.888. The molecule has 0 radical (unpaired) electrons. The number of pyridine rings is 1. The van der Waals surface area contributed by atoms with Crippen molar-refractivity contribution in [2.75, 3.05) is 0 Å². The summed E-state index contributed by atoms with van der Waals surface area (Å²) < 4.78 is 25.1. The summed E-state index contributed by atoms with van der Waals surface area (Å²) in [4.78, 5) is 13.7. The smallest absolute Gasteiger partial charge is 0.278 e. The third-order valence-electron chi connectivity index (χ3n) is 1.52. The summed E-state index contributed by atoms with van der Waals surface area (Å²) in [7, 11) is 0. The number of hydrogen-bond acceptors (Lipinski definition) is 1. The first-order chi connectivity index (χ1) is 6.07. The maximum atomic E-state index is 12.3. The number of nitrogens with one attached hydrogen (secondary N) is 1. The lowest BCUT2D eigenvalue weighted by molar-refractivity contribution is 0.145. The summed E-state index contributed by atoms with van der Waals surface area (Å²) in [5.74, 6) is 0. The predicted octanol–water partition coefficient (Wildman–Crippen LogP) is 2.81. The van der Waals surface area contributed by atoms with Crippen molar-refractivity contribution in [3.8, 4) is 0 Å². The van der Waals surface area contributed by atoms with E-state index >= 15 is 0 Å². The lowest BCUT2D eigenvalue weighted by atomic mass is 10.2. The van der Waals surface area contributed by atoms with Crippen molar-refractivity contribution in [3.05, 3.63) is 31.2 Å². The highest BCUT2D eigenvalue weighted by Crippen LogP contribution is 2.20. The molecule has 2 nitrogen and oxygen atoms in total. The van der Waals surface area contributed by atoms with Gasteiger partial charge < -0.3 is 4.98 Å². The number of aromatic nitrogens is 1. The van der Waals surface area contributed by atoms with Gasteiger partial charge in [0.15, 0.2) is 5.43 Å². The Morgan fingerprint density at radius 3 is 2.69 bits per heavy atom. The molecule has 0 atom stereocenters. The second-order valence-corrected chi connectivity index (χ2v) is 4.02. The average molecular weight is 364 g/mol. The third kappa shape index (κ3) is 2.28. The van der Waals surface area contributed by atoms with Gasteiger partial charge in [0.25, 0.3) is 6.43 Å². The highest BCUT2D eigenvalue weighted by molar-refractivity contribution is 14.1. The minimum atomic E-state index is -2.64. The minimum Gasteiger partial charge on any atom is -0.359 e. The van der Waals surface area contributed by atoms with E-state index in [1.54, 1.807) is 22.6 Å². The number of rotatable bonds is 2. The lowest BCUT2D eigenvalue weighted by Crippen LogP contribution is -2.15. The van der Waals surface area contributed by atoms with Gasteiger partial charge in [-0.1, -0.05) is 15.9 Å². The molecule has 0 amide bonds. The number of H-pyrrole nitrogens is 1. The topological polar surface area (TPSA) is 32.9 Å². The van der Waals surface area contributed by atoms with E-state index in [2.05, 4.69) is 20.9 Å². The Balaban J connectivity index is 3.39. The van der Waals surface area contributed by atoms with Gasteiger partial charge in [0, 0.05) is 17.1 Å². The first kappa shape index (κ1) is 11.1. The number of hydrogen-bond donors (Lipinski definition) is 1. The van der Waals surface area contributed by atoms with E-state index in [0.717, 1.165) is 0 Å². The molecule has 0 bridgehead atoms. The number of halogens is 4. The van der Waals surface area contributed by atoms with Crippen molar-refractivity contribution < 1.29 is 8.78 Å². The fourth-order valence-corrected chi connectivity index (χ4v) is 1.93. The van der Waals surface area contributed by atoms with Gasteiger partial charge in [0.05, 0.1) is 9.26 Å². The molecule has 0 aliphatic rings. The Kier molecular flexibility index (Phi) is 3.84. The maximum Gasteiger partial charge on any atom is 0.278 e. The highest BCUT2D eigenvalue weighted by Gasteiger charge is 2.16. The van der Waals surface area contributed by atoms with E-state index in [0.29, 0.717) is 3.57 Å². The molecule has 0 saturated heterocycles. The number of alkyl halides is 3. The second kappa shape index (κ2) is 4.50. The van der Waals surface area contributed by atoms with Gasteiger partial charge in [0.1, 0.15) is 0 Å². The summed E-state index contributed by atoms with van der Waals surface area (Å²) in [6.45, 7) is 0. The maximum absolute atomic E-state index is 12.3. The summed E-state index contributed by atoms with van der Waals surface area (Å²) >= 11 is 4.81. The van der Waals surface area contributed by atoms with Crippen molar-refractivity contribution in [1.82, 2.24) is 4.98 Å². The Labute approximate surface area is 95.0 Å². The van der Waals surface area contributed by atoms with Crippen LogP contribution in [0.15, 0.2) is 11.0 Å². The van der Waals surface area contributed by atoms with Crippen LogP contribution >= 0.6 is 38.5 Å². The van der Waals surface area contributed by atoms with Crippen LogP contribution in [0, 0.1) is 3.57 Å². The molecule has 13 heavy (non-hydrogen) atoms. The van der Waals surface area contributed by atoms with Crippen LogP contribution < -0.4 is 5.43 Å². The van der Waals surface area contributed by atoms with Crippen molar-refractivity contribution in [2.24, 2.45) is 0 Å². The summed E-state index contributed by atoms with van der Waals surface area (Å²) in [5.41, 5.74) is -0.546. The lowest BCUT2D eigenvalue weighted by Gasteiger charge is -2.05. The van der Waals surface area contributed by atoms with Crippen molar-refractivity contribution >= 4 is 38.5 Å². The van der Waals surface area contributed by atoms with E-state index in [-0.39, 0.29) is 22.0 Å². The molecule has 0 aliphatic heterocycles. The fraction of sp³-hybridized carbons (Fsp3) is 0.286. The molecule has 1 heterocycles. The van der Waals surface area contributed by atoms with Crippen LogP contribution in [-0.2, 0) is 5.33 Å². The SMILES string of the molecule is O=c1c(I)c[nH]c(C(F)F)c1CBr. The zero-order valence-electron chi connectivity index (χ0n) is 6.28. The van der Waals surface area contributed by atoms with Gasteiger partial charge in [-0.3, -0.25) is 4.79 Å². The van der Waals surface area contributed by atoms with Gasteiger partial charge in [-0.15, -0.1) is 0 Å². The van der Waals surface area contributed by atoms with Gasteiger partial charge >= 0.3 is 0 Å². The van der Waals surface area contributed by atoms with Crippen molar-refractivity contribution in [2.45, 2.75) is 11.8 Å². The molecular weight excluding hydrogens is 359 g/mol. The van der Waals surface area contributed by atoms with Crippen LogP contribution in [-0.4, -0.2) is 4.98 Å². The summed E-state index contributed by atoms with van der Waals surface area (Å²) in [6, 6.07) is 0. The molecule has 72 valence electrons. The predicted molar refractivity (Wildman–Crippen MR) is 57.4 cm³/mol. The molecule has 0 aromatic carbocycles. The molecule has 1 aromatic rings. The zero-order chi connectivity index (χ0) is 10.0. The van der Waals surface area contributed by atoms with Crippen molar-refractivity contribution in [1.29, 1.82) is 0 Å². The normalized spacial score (nSPS) is 10.8. The van der Waals surface area contributed by atoms with Gasteiger partial charge in [-0.25, -0.2) is 8.78 Å². The largest absolute Gasteiger partial charge is 0.359 e. The van der Waals surface area contributed by atoms with Crippen LogP contribution in [0.3, 0.4) is 0 Å². The van der Waals surface area contributed by atoms with E-state index in [9.17, 15) is 13.6 Å². The number of aromatic amines is 1. The Morgan fingerprint density at radius 1 is 1.62 bits per heavy atom. The standard InChI is InChI=1S/C7H5BrF2INO/c8-1-3-5(7(9)10)12-2-4(11)6(3)13/h2,7H,1H2,(H,12,13). The first-order valence-electron chi connectivity index (χ1n) is 3.32. The van der Waals surface area contributed by atoms with E-state index in [1.165, 1.54) is 6.20 Å². The molecule has 6 heteroatoms. The minimum absolute atomic E-state index is 0.0990. The third-order valence-corrected chi connectivity index (χ3v) is 2.88. The Morgan fingerprint density at radius 2 is 2.23 bits per heavy atom. The average Bonchev–Trinajstić information content (AvgIpc) is 2.09. The van der Waals surface area contributed by atoms with Crippen molar-refractivity contribution in [3.63, 3.8) is 0 Å². The summed E-state index contributed by atoms with van der Waals surface area (Å²) in [5, 5.41) is 0.138. The molecule has 1 aromatic heterocycles. The first-order valence-corrected chi connectivity index (χ1v) is 5.52. The second-order valence-electron chi connectivity index (χ2n) is 2.29. The summed E-state index contributed by atoms with van der Waals surface area (Å²) in [6.07, 6.45) is -1.35. The molecule has 0 aliphatic carbocycles. The van der Waals surface area contributed by atoms with Gasteiger partial charge in [-0.05, 0) is 22.6 Å². The van der Waals surface area contributed by atoms with E-state index < -0.39 is 6.43 Å². The molecule has 1 rings (SSSR count). The Bertz CT molecular complexity index is 366. The molecule has 0 fully saturated rings. The van der Waals surface area contributed by atoms with E-state index in [1.807, 2.05) is 0 Å². The van der Waals surface area contributed by atoms with Gasteiger partial charge in [-0.2, -0.15) is 0 Å². The van der Waals surface area contributed by atoms with Crippen LogP contribution in [0.5, 0.6) is 0 Å². The highest BCUT2D eigenvalue weighted by atomic mass is 127. The molecule has 0 saturated carbocycles. The van der Waals surface area contributed by atoms with Gasteiger partial charge in [0.2, 0.25) is 0 Å². The Hall–Kier alpha value is 0.0200. The molecular formula is C7H5BrF2INO. The molecule has 1 N–H and O–H groups in total. The monoisotopic (exact) mass is 363 g/mol. The van der Waals surface area contributed by atoms with Crippen LogP contribution in [0.25, 0.3) is 0 Å². The van der Waals surface area contributed by atoms with E-state index in [4.69, 9.17) is 0 Å².